The summed E-state index contributed by atoms with van der Waals surface area (Å²) in [6, 6.07) is 7.20. The van der Waals surface area contributed by atoms with Gasteiger partial charge >= 0.3 is 5.97 Å². The minimum absolute atomic E-state index is 0.109. The van der Waals surface area contributed by atoms with E-state index in [1.54, 1.807) is 12.1 Å². The maximum atomic E-state index is 11.6. The number of anilines is 1. The summed E-state index contributed by atoms with van der Waals surface area (Å²) in [5.41, 5.74) is 1.13. The lowest BCUT2D eigenvalue weighted by Crippen LogP contribution is -2.22. The SMILES string of the molecule is CC(=O)Nc1ccc(COC(=O)C(C)(C)C)cc1. The Morgan fingerprint density at radius 2 is 1.72 bits per heavy atom. The van der Waals surface area contributed by atoms with Crippen molar-refractivity contribution in [3.05, 3.63) is 29.8 Å². The average Bonchev–Trinajstić information content (AvgIpc) is 2.25. The van der Waals surface area contributed by atoms with Gasteiger partial charge in [-0.25, -0.2) is 0 Å². The Bertz CT molecular complexity index is 429. The van der Waals surface area contributed by atoms with Gasteiger partial charge in [-0.15, -0.1) is 0 Å². The summed E-state index contributed by atoms with van der Waals surface area (Å²) in [6.45, 7) is 7.15. The zero-order valence-corrected chi connectivity index (χ0v) is 11.2. The van der Waals surface area contributed by atoms with Gasteiger partial charge in [-0.2, -0.15) is 0 Å². The van der Waals surface area contributed by atoms with E-state index in [4.69, 9.17) is 4.74 Å². The molecule has 0 atom stereocenters. The Balaban J connectivity index is 2.54. The molecule has 0 saturated carbocycles. The van der Waals surface area contributed by atoms with E-state index >= 15 is 0 Å². The molecule has 0 unspecified atom stereocenters. The van der Waals surface area contributed by atoms with Gasteiger partial charge in [-0.1, -0.05) is 12.1 Å². The molecule has 0 saturated heterocycles. The van der Waals surface area contributed by atoms with Crippen molar-refractivity contribution in [3.63, 3.8) is 0 Å². The molecule has 0 heterocycles. The van der Waals surface area contributed by atoms with Gasteiger partial charge in [-0.05, 0) is 38.5 Å². The molecule has 0 aliphatic carbocycles. The molecule has 0 radical (unpaired) electrons. The fourth-order valence-corrected chi connectivity index (χ4v) is 1.25. The van der Waals surface area contributed by atoms with Gasteiger partial charge in [-0.3, -0.25) is 9.59 Å². The average molecular weight is 249 g/mol. The number of esters is 1. The highest BCUT2D eigenvalue weighted by Gasteiger charge is 2.22. The van der Waals surface area contributed by atoms with Gasteiger partial charge in [0.2, 0.25) is 5.91 Å². The summed E-state index contributed by atoms with van der Waals surface area (Å²) in [4.78, 5) is 22.4. The third-order valence-electron chi connectivity index (χ3n) is 2.26. The van der Waals surface area contributed by atoms with Crippen LogP contribution in [0, 0.1) is 5.41 Å². The molecule has 1 aromatic rings. The van der Waals surface area contributed by atoms with Gasteiger partial charge in [0.05, 0.1) is 5.41 Å². The lowest BCUT2D eigenvalue weighted by molar-refractivity contribution is -0.154. The van der Waals surface area contributed by atoms with E-state index in [1.165, 1.54) is 6.92 Å². The Kier molecular flexibility index (Phi) is 4.48. The van der Waals surface area contributed by atoms with Crippen molar-refractivity contribution in [1.82, 2.24) is 0 Å². The van der Waals surface area contributed by atoms with Crippen LogP contribution in [0.1, 0.15) is 33.3 Å². The lowest BCUT2D eigenvalue weighted by atomic mass is 9.97. The third-order valence-corrected chi connectivity index (χ3v) is 2.26. The number of benzene rings is 1. The van der Waals surface area contributed by atoms with E-state index in [0.717, 1.165) is 11.3 Å². The number of hydrogen-bond acceptors (Lipinski definition) is 3. The molecule has 0 spiro atoms. The van der Waals surface area contributed by atoms with Crippen LogP contribution in [0.2, 0.25) is 0 Å². The van der Waals surface area contributed by atoms with Gasteiger partial charge in [0.25, 0.3) is 0 Å². The van der Waals surface area contributed by atoms with Crippen molar-refractivity contribution >= 4 is 17.6 Å². The van der Waals surface area contributed by atoms with Crippen molar-refractivity contribution in [2.45, 2.75) is 34.3 Å². The van der Waals surface area contributed by atoms with Gasteiger partial charge in [0.1, 0.15) is 6.61 Å². The fraction of sp³-hybridized carbons (Fsp3) is 0.429. The van der Waals surface area contributed by atoms with Crippen molar-refractivity contribution in [3.8, 4) is 0 Å². The lowest BCUT2D eigenvalue weighted by Gasteiger charge is -2.16. The Morgan fingerprint density at radius 1 is 1.17 bits per heavy atom. The standard InChI is InChI=1S/C14H19NO3/c1-10(16)15-12-7-5-11(6-8-12)9-18-13(17)14(2,3)4/h5-8H,9H2,1-4H3,(H,15,16). The maximum absolute atomic E-state index is 11.6. The van der Waals surface area contributed by atoms with Gasteiger partial charge < -0.3 is 10.1 Å². The molecule has 1 rings (SSSR count). The largest absolute Gasteiger partial charge is 0.460 e. The van der Waals surface area contributed by atoms with E-state index in [9.17, 15) is 9.59 Å². The normalized spacial score (nSPS) is 10.9. The first-order valence-electron chi connectivity index (χ1n) is 5.83. The molecule has 4 nitrogen and oxygen atoms in total. The molecule has 1 amide bonds. The summed E-state index contributed by atoms with van der Waals surface area (Å²) in [6.07, 6.45) is 0. The van der Waals surface area contributed by atoms with Crippen molar-refractivity contribution < 1.29 is 14.3 Å². The van der Waals surface area contributed by atoms with Crippen LogP contribution < -0.4 is 5.32 Å². The maximum Gasteiger partial charge on any atom is 0.311 e. The van der Waals surface area contributed by atoms with Crippen LogP contribution in [0.5, 0.6) is 0 Å². The summed E-state index contributed by atoms with van der Waals surface area (Å²) in [7, 11) is 0. The zero-order chi connectivity index (χ0) is 13.8. The van der Waals surface area contributed by atoms with Crippen LogP contribution in [0.15, 0.2) is 24.3 Å². The highest BCUT2D eigenvalue weighted by molar-refractivity contribution is 5.88. The molecular weight excluding hydrogens is 230 g/mol. The monoisotopic (exact) mass is 249 g/mol. The fourth-order valence-electron chi connectivity index (χ4n) is 1.25. The number of carbonyl (C=O) groups excluding carboxylic acids is 2. The highest BCUT2D eigenvalue weighted by Crippen LogP contribution is 2.17. The second kappa shape index (κ2) is 5.67. The predicted molar refractivity (Wildman–Crippen MR) is 70.0 cm³/mol. The van der Waals surface area contributed by atoms with Crippen LogP contribution in [-0.4, -0.2) is 11.9 Å². The molecule has 0 aliphatic heterocycles. The third kappa shape index (κ3) is 4.57. The Labute approximate surface area is 107 Å². The number of rotatable bonds is 3. The van der Waals surface area contributed by atoms with Crippen LogP contribution in [0.25, 0.3) is 0 Å². The molecule has 0 aliphatic rings. The summed E-state index contributed by atoms with van der Waals surface area (Å²) in [5, 5.41) is 2.67. The first kappa shape index (κ1) is 14.2. The second-order valence-electron chi connectivity index (χ2n) is 5.20. The van der Waals surface area contributed by atoms with Crippen molar-refractivity contribution in [1.29, 1.82) is 0 Å². The molecule has 98 valence electrons. The number of carbonyl (C=O) groups is 2. The molecule has 18 heavy (non-hydrogen) atoms. The van der Waals surface area contributed by atoms with Crippen LogP contribution in [-0.2, 0) is 20.9 Å². The van der Waals surface area contributed by atoms with Gasteiger partial charge in [0, 0.05) is 12.6 Å². The number of hydrogen-bond donors (Lipinski definition) is 1. The molecule has 0 fully saturated rings. The van der Waals surface area contributed by atoms with E-state index in [2.05, 4.69) is 5.32 Å². The van der Waals surface area contributed by atoms with E-state index in [1.807, 2.05) is 32.9 Å². The van der Waals surface area contributed by atoms with E-state index < -0.39 is 5.41 Å². The predicted octanol–water partition coefficient (Wildman–Crippen LogP) is 2.73. The zero-order valence-electron chi connectivity index (χ0n) is 11.2. The van der Waals surface area contributed by atoms with E-state index in [-0.39, 0.29) is 18.5 Å². The van der Waals surface area contributed by atoms with Crippen molar-refractivity contribution in [2.75, 3.05) is 5.32 Å². The quantitative estimate of drug-likeness (QED) is 0.838. The minimum atomic E-state index is -0.490. The van der Waals surface area contributed by atoms with Crippen LogP contribution in [0.3, 0.4) is 0 Å². The summed E-state index contributed by atoms with van der Waals surface area (Å²) in [5.74, 6) is -0.338. The molecule has 0 aromatic heterocycles. The first-order valence-corrected chi connectivity index (χ1v) is 5.83. The summed E-state index contributed by atoms with van der Waals surface area (Å²) >= 11 is 0. The minimum Gasteiger partial charge on any atom is -0.460 e. The van der Waals surface area contributed by atoms with Crippen LogP contribution >= 0.6 is 0 Å². The molecule has 4 heteroatoms. The highest BCUT2D eigenvalue weighted by atomic mass is 16.5. The Morgan fingerprint density at radius 3 is 2.17 bits per heavy atom. The van der Waals surface area contributed by atoms with Gasteiger partial charge in [0.15, 0.2) is 0 Å². The number of amides is 1. The number of nitrogens with one attached hydrogen (secondary N) is 1. The smallest absolute Gasteiger partial charge is 0.311 e. The Hall–Kier alpha value is -1.84. The van der Waals surface area contributed by atoms with Crippen LogP contribution in [0.4, 0.5) is 5.69 Å². The number of ether oxygens (including phenoxy) is 1. The summed E-state index contributed by atoms with van der Waals surface area (Å²) < 4.78 is 5.19. The van der Waals surface area contributed by atoms with Crippen molar-refractivity contribution in [2.24, 2.45) is 5.41 Å². The molecule has 1 aromatic carbocycles. The topological polar surface area (TPSA) is 55.4 Å². The first-order chi connectivity index (χ1) is 8.29. The molecular formula is C14H19NO3. The second-order valence-corrected chi connectivity index (χ2v) is 5.20. The van der Waals surface area contributed by atoms with E-state index in [0.29, 0.717) is 0 Å². The molecule has 0 bridgehead atoms. The molecule has 1 N–H and O–H groups in total.